The number of carbonyl (C=O) groups is 2. The van der Waals surface area contributed by atoms with E-state index in [4.69, 9.17) is 21.1 Å². The number of ether oxygens (including phenoxy) is 2. The van der Waals surface area contributed by atoms with E-state index in [-0.39, 0.29) is 24.4 Å². The van der Waals surface area contributed by atoms with E-state index in [0.717, 1.165) is 11.1 Å². The summed E-state index contributed by atoms with van der Waals surface area (Å²) in [6.45, 7) is 6.45. The first-order valence-electron chi connectivity index (χ1n) is 12.0. The highest BCUT2D eigenvalue weighted by atomic mass is 35.5. The third-order valence-corrected chi connectivity index (χ3v) is 7.57. The fourth-order valence-electron chi connectivity index (χ4n) is 3.78. The molecule has 4 rings (SSSR count). The lowest BCUT2D eigenvalue weighted by atomic mass is 10.0. The highest BCUT2D eigenvalue weighted by molar-refractivity contribution is 7.99. The van der Waals surface area contributed by atoms with E-state index in [0.29, 0.717) is 38.9 Å². The number of nitrogens with zero attached hydrogens (tertiary/aromatic N) is 3. The Kier molecular flexibility index (Phi) is 9.43. The maximum Gasteiger partial charge on any atom is 0.341 e. The van der Waals surface area contributed by atoms with E-state index in [1.807, 2.05) is 66.3 Å². The van der Waals surface area contributed by atoms with Crippen LogP contribution in [0.25, 0.3) is 11.1 Å². The summed E-state index contributed by atoms with van der Waals surface area (Å²) in [6, 6.07) is 16.7. The Morgan fingerprint density at radius 1 is 1.13 bits per heavy atom. The number of nitrogens with one attached hydrogen (secondary N) is 1. The van der Waals surface area contributed by atoms with Crippen LogP contribution in [0.15, 0.2) is 65.1 Å². The maximum absolute atomic E-state index is 12.9. The Morgan fingerprint density at radius 3 is 2.63 bits per heavy atom. The van der Waals surface area contributed by atoms with E-state index >= 15 is 0 Å². The number of halogens is 1. The van der Waals surface area contributed by atoms with Crippen LogP contribution in [0.3, 0.4) is 0 Å². The normalized spacial score (nSPS) is 11.7. The molecular weight excluding hydrogens is 544 g/mol. The molecule has 1 amide bonds. The number of rotatable bonds is 11. The zero-order chi connectivity index (χ0) is 27.1. The minimum Gasteiger partial charge on any atom is -0.483 e. The van der Waals surface area contributed by atoms with Gasteiger partial charge in [-0.15, -0.1) is 21.5 Å². The molecule has 198 valence electrons. The van der Waals surface area contributed by atoms with Crippen molar-refractivity contribution < 1.29 is 19.1 Å². The van der Waals surface area contributed by atoms with Gasteiger partial charge in [-0.05, 0) is 44.5 Å². The summed E-state index contributed by atoms with van der Waals surface area (Å²) in [5, 5.41) is 15.0. The molecule has 2 aromatic heterocycles. The highest BCUT2D eigenvalue weighted by Crippen LogP contribution is 2.36. The molecule has 0 saturated heterocycles. The third-order valence-electron chi connectivity index (χ3n) is 5.47. The van der Waals surface area contributed by atoms with Crippen molar-refractivity contribution in [2.75, 3.05) is 17.7 Å². The topological polar surface area (TPSA) is 95.3 Å². The zero-order valence-corrected chi connectivity index (χ0v) is 23.5. The minimum absolute atomic E-state index is 0.0858. The van der Waals surface area contributed by atoms with Crippen molar-refractivity contribution >= 4 is 51.6 Å². The van der Waals surface area contributed by atoms with Gasteiger partial charge in [0.25, 0.3) is 0 Å². The number of hydrogen-bond acceptors (Lipinski definition) is 8. The van der Waals surface area contributed by atoms with Gasteiger partial charge in [0.15, 0.2) is 17.1 Å². The molecule has 0 aliphatic rings. The fourth-order valence-corrected chi connectivity index (χ4v) is 5.74. The average molecular weight is 571 g/mol. The van der Waals surface area contributed by atoms with Crippen LogP contribution in [0.1, 0.15) is 43.1 Å². The molecule has 2 heterocycles. The number of benzene rings is 2. The van der Waals surface area contributed by atoms with Crippen LogP contribution >= 0.6 is 34.7 Å². The molecule has 8 nitrogen and oxygen atoms in total. The summed E-state index contributed by atoms with van der Waals surface area (Å²) in [5.74, 6) is 0.623. The number of aromatic nitrogens is 3. The predicted molar refractivity (Wildman–Crippen MR) is 151 cm³/mol. The number of carbonyl (C=O) groups excluding carboxylic acids is 2. The molecular formula is C27H27ClN4O4S2. The monoisotopic (exact) mass is 570 g/mol. The molecule has 0 saturated carbocycles. The van der Waals surface area contributed by atoms with Crippen LogP contribution in [-0.2, 0) is 16.1 Å². The summed E-state index contributed by atoms with van der Waals surface area (Å²) >= 11 is 8.62. The Bertz CT molecular complexity index is 1410. The Hall–Kier alpha value is -3.34. The molecule has 0 aliphatic heterocycles. The summed E-state index contributed by atoms with van der Waals surface area (Å²) < 4.78 is 13.2. The number of esters is 1. The molecule has 38 heavy (non-hydrogen) atoms. The zero-order valence-electron chi connectivity index (χ0n) is 21.1. The van der Waals surface area contributed by atoms with Crippen molar-refractivity contribution in [2.24, 2.45) is 0 Å². The second-order valence-corrected chi connectivity index (χ2v) is 10.3. The number of hydrogen-bond donors (Lipinski definition) is 1. The molecule has 11 heteroatoms. The fraction of sp³-hybridized carbons (Fsp3) is 0.259. The number of thioether (sulfide) groups is 1. The maximum atomic E-state index is 12.9. The van der Waals surface area contributed by atoms with Gasteiger partial charge < -0.3 is 19.4 Å². The largest absolute Gasteiger partial charge is 0.483 e. The summed E-state index contributed by atoms with van der Waals surface area (Å²) in [7, 11) is 0. The average Bonchev–Trinajstić information content (AvgIpc) is 3.52. The molecule has 0 spiro atoms. The second-order valence-electron chi connectivity index (χ2n) is 8.08. The number of thiophene rings is 1. The summed E-state index contributed by atoms with van der Waals surface area (Å²) in [5.41, 5.74) is 1.95. The van der Waals surface area contributed by atoms with Gasteiger partial charge in [0, 0.05) is 22.5 Å². The van der Waals surface area contributed by atoms with Crippen LogP contribution in [0, 0.1) is 0 Å². The van der Waals surface area contributed by atoms with Gasteiger partial charge in [0.1, 0.15) is 16.3 Å². The summed E-state index contributed by atoms with van der Waals surface area (Å²) in [4.78, 5) is 25.7. The number of anilines is 1. The number of amides is 1. The van der Waals surface area contributed by atoms with Gasteiger partial charge in [-0.25, -0.2) is 4.79 Å². The van der Waals surface area contributed by atoms with E-state index in [2.05, 4.69) is 15.5 Å². The first kappa shape index (κ1) is 27.7. The molecule has 2 aromatic carbocycles. The Morgan fingerprint density at radius 2 is 1.92 bits per heavy atom. The van der Waals surface area contributed by atoms with Crippen LogP contribution in [0.4, 0.5) is 5.00 Å². The predicted octanol–water partition coefficient (Wildman–Crippen LogP) is 6.73. The first-order chi connectivity index (χ1) is 18.4. The molecule has 1 unspecified atom stereocenters. The van der Waals surface area contributed by atoms with Crippen molar-refractivity contribution in [1.82, 2.24) is 14.8 Å². The van der Waals surface area contributed by atoms with Crippen molar-refractivity contribution in [3.63, 3.8) is 0 Å². The lowest BCUT2D eigenvalue weighted by molar-refractivity contribution is -0.113. The molecule has 0 aliphatic carbocycles. The Balaban J connectivity index is 1.45. The van der Waals surface area contributed by atoms with Crippen molar-refractivity contribution in [2.45, 2.75) is 38.6 Å². The van der Waals surface area contributed by atoms with Crippen LogP contribution in [0.5, 0.6) is 5.75 Å². The van der Waals surface area contributed by atoms with Crippen LogP contribution in [-0.4, -0.2) is 39.0 Å². The van der Waals surface area contributed by atoms with Crippen molar-refractivity contribution in [1.29, 1.82) is 0 Å². The second kappa shape index (κ2) is 12.9. The van der Waals surface area contributed by atoms with Gasteiger partial charge in [0.2, 0.25) is 5.91 Å². The molecule has 0 radical (unpaired) electrons. The minimum atomic E-state index is -0.473. The Labute approximate surface area is 234 Å². The van der Waals surface area contributed by atoms with Crippen molar-refractivity contribution in [3.05, 3.63) is 76.4 Å². The first-order valence-corrected chi connectivity index (χ1v) is 14.3. The van der Waals surface area contributed by atoms with Crippen LogP contribution in [0.2, 0.25) is 5.02 Å². The lowest BCUT2D eigenvalue weighted by Gasteiger charge is -2.15. The van der Waals surface area contributed by atoms with Gasteiger partial charge in [-0.1, -0.05) is 59.8 Å². The molecule has 0 fully saturated rings. The molecule has 4 aromatic rings. The third kappa shape index (κ3) is 6.56. The SMILES string of the molecule is CCOC(=O)c1c(-c2ccccc2)csc1NC(=O)CSc1nnc(C(C)Oc2cccc(Cl)c2)n1CC. The van der Waals surface area contributed by atoms with Crippen LogP contribution < -0.4 is 10.1 Å². The van der Waals surface area contributed by atoms with E-state index in [9.17, 15) is 9.59 Å². The van der Waals surface area contributed by atoms with Gasteiger partial charge in [0.05, 0.1) is 12.4 Å². The smallest absolute Gasteiger partial charge is 0.341 e. The summed E-state index contributed by atoms with van der Waals surface area (Å²) in [6.07, 6.45) is -0.376. The van der Waals surface area contributed by atoms with E-state index in [1.54, 1.807) is 19.1 Å². The van der Waals surface area contributed by atoms with E-state index in [1.165, 1.54) is 23.1 Å². The van der Waals surface area contributed by atoms with Gasteiger partial charge in [-0.3, -0.25) is 4.79 Å². The standard InChI is InChI=1S/C27H27ClN4O4S2/c1-4-32-24(17(3)36-20-13-9-12-19(28)14-20)30-31-27(32)38-16-22(33)29-25-23(26(34)35-5-2)21(15-37-25)18-10-7-6-8-11-18/h6-15,17H,4-5,16H2,1-3H3,(H,29,33). The molecule has 0 bridgehead atoms. The molecule has 1 atom stereocenters. The highest BCUT2D eigenvalue weighted by Gasteiger charge is 2.24. The van der Waals surface area contributed by atoms with E-state index < -0.39 is 5.97 Å². The van der Waals surface area contributed by atoms with Gasteiger partial charge in [-0.2, -0.15) is 0 Å². The van der Waals surface area contributed by atoms with Crippen molar-refractivity contribution in [3.8, 4) is 16.9 Å². The van der Waals surface area contributed by atoms with Gasteiger partial charge >= 0.3 is 5.97 Å². The quantitative estimate of drug-likeness (QED) is 0.158. The molecule has 1 N–H and O–H groups in total. The lowest BCUT2D eigenvalue weighted by Crippen LogP contribution is -2.17.